The summed E-state index contributed by atoms with van der Waals surface area (Å²) in [6, 6.07) is 0. The lowest BCUT2D eigenvalue weighted by molar-refractivity contribution is 0.187. The van der Waals surface area contributed by atoms with Crippen LogP contribution in [0, 0.1) is 11.7 Å². The van der Waals surface area contributed by atoms with Crippen LogP contribution >= 0.6 is 12.2 Å². The maximum absolute atomic E-state index is 5.20. The summed E-state index contributed by atoms with van der Waals surface area (Å²) in [4.78, 5) is 0. The number of rotatable bonds is 4. The Hall–Kier alpha value is -1.47. The first-order valence-electron chi connectivity index (χ1n) is 5.28. The van der Waals surface area contributed by atoms with Crippen LogP contribution < -0.4 is 0 Å². The summed E-state index contributed by atoms with van der Waals surface area (Å²) < 4.78 is 9.35. The van der Waals surface area contributed by atoms with Crippen LogP contribution in [0.25, 0.3) is 11.4 Å². The fourth-order valence-corrected chi connectivity index (χ4v) is 1.96. The van der Waals surface area contributed by atoms with Crippen molar-refractivity contribution in [2.75, 3.05) is 13.7 Å². The highest BCUT2D eigenvalue weighted by Crippen LogP contribution is 2.20. The van der Waals surface area contributed by atoms with Crippen molar-refractivity contribution in [2.24, 2.45) is 7.05 Å². The molecule has 0 aliphatic heterocycles. The number of nitrogens with zero attached hydrogens (tertiary/aromatic N) is 4. The molecule has 0 aromatic carbocycles. The predicted octanol–water partition coefficient (Wildman–Crippen LogP) is 1.30. The highest BCUT2D eigenvalue weighted by Gasteiger charge is 2.13. The van der Waals surface area contributed by atoms with E-state index in [2.05, 4.69) is 15.3 Å². The highest BCUT2D eigenvalue weighted by atomic mass is 32.1. The van der Waals surface area contributed by atoms with Crippen molar-refractivity contribution in [3.63, 3.8) is 0 Å². The first-order chi connectivity index (χ1) is 8.13. The minimum Gasteiger partial charge on any atom is -0.383 e. The Labute approximate surface area is 104 Å². The Morgan fingerprint density at radius 1 is 1.53 bits per heavy atom. The summed E-state index contributed by atoms with van der Waals surface area (Å²) in [5, 5.41) is 11.4. The van der Waals surface area contributed by atoms with Crippen molar-refractivity contribution < 1.29 is 4.74 Å². The standard InChI is InChI=1S/C10H15N5OS/c1-7-8(6-14(2)13-7)9-11-12-10(17)15(9)4-5-16-3/h6H,4-5H2,1-3H3,(H,12,17). The molecular weight excluding hydrogens is 238 g/mol. The van der Waals surface area contributed by atoms with Gasteiger partial charge in [-0.05, 0) is 19.1 Å². The average molecular weight is 253 g/mol. The van der Waals surface area contributed by atoms with Crippen molar-refractivity contribution in [1.82, 2.24) is 24.5 Å². The van der Waals surface area contributed by atoms with Crippen LogP contribution in [0.3, 0.4) is 0 Å². The van der Waals surface area contributed by atoms with Gasteiger partial charge >= 0.3 is 0 Å². The van der Waals surface area contributed by atoms with Gasteiger partial charge in [-0.15, -0.1) is 0 Å². The summed E-state index contributed by atoms with van der Waals surface area (Å²) in [6.45, 7) is 3.23. The maximum Gasteiger partial charge on any atom is 0.195 e. The first kappa shape index (κ1) is 12.0. The van der Waals surface area contributed by atoms with Gasteiger partial charge in [-0.2, -0.15) is 10.2 Å². The van der Waals surface area contributed by atoms with Crippen LogP contribution in [0.2, 0.25) is 0 Å². The molecule has 0 aliphatic rings. The van der Waals surface area contributed by atoms with E-state index in [4.69, 9.17) is 17.0 Å². The first-order valence-corrected chi connectivity index (χ1v) is 5.69. The van der Waals surface area contributed by atoms with E-state index in [1.54, 1.807) is 11.8 Å². The number of ether oxygens (including phenoxy) is 1. The number of hydrogen-bond donors (Lipinski definition) is 1. The third kappa shape index (κ3) is 2.29. The smallest absolute Gasteiger partial charge is 0.195 e. The molecule has 0 amide bonds. The Balaban J connectivity index is 2.45. The van der Waals surface area contributed by atoms with Crippen molar-refractivity contribution in [1.29, 1.82) is 0 Å². The molecule has 6 nitrogen and oxygen atoms in total. The molecule has 17 heavy (non-hydrogen) atoms. The van der Waals surface area contributed by atoms with E-state index < -0.39 is 0 Å². The molecule has 1 N–H and O–H groups in total. The lowest BCUT2D eigenvalue weighted by Gasteiger charge is -2.04. The van der Waals surface area contributed by atoms with Gasteiger partial charge in [0.25, 0.3) is 0 Å². The maximum atomic E-state index is 5.20. The van der Waals surface area contributed by atoms with E-state index in [-0.39, 0.29) is 0 Å². The summed E-state index contributed by atoms with van der Waals surface area (Å²) in [5.74, 6) is 0.803. The Morgan fingerprint density at radius 2 is 2.29 bits per heavy atom. The van der Waals surface area contributed by atoms with Crippen molar-refractivity contribution in [3.8, 4) is 11.4 Å². The second-order valence-corrected chi connectivity index (χ2v) is 4.19. The van der Waals surface area contributed by atoms with E-state index in [1.807, 2.05) is 24.7 Å². The second kappa shape index (κ2) is 4.80. The molecular formula is C10H15N5OS. The normalized spacial score (nSPS) is 11.0. The number of hydrogen-bond acceptors (Lipinski definition) is 4. The molecule has 0 aliphatic carbocycles. The highest BCUT2D eigenvalue weighted by molar-refractivity contribution is 7.71. The van der Waals surface area contributed by atoms with Gasteiger partial charge in [0.15, 0.2) is 10.6 Å². The molecule has 0 unspecified atom stereocenters. The van der Waals surface area contributed by atoms with Gasteiger partial charge in [0, 0.05) is 20.4 Å². The lowest BCUT2D eigenvalue weighted by Crippen LogP contribution is -2.06. The van der Waals surface area contributed by atoms with Crippen molar-refractivity contribution in [2.45, 2.75) is 13.5 Å². The quantitative estimate of drug-likeness (QED) is 0.834. The van der Waals surface area contributed by atoms with Crippen LogP contribution in [0.15, 0.2) is 6.20 Å². The molecule has 2 rings (SSSR count). The summed E-state index contributed by atoms with van der Waals surface area (Å²) in [6.07, 6.45) is 1.93. The van der Waals surface area contributed by atoms with E-state index in [1.165, 1.54) is 0 Å². The molecule has 0 saturated heterocycles. The fraction of sp³-hybridized carbons (Fsp3) is 0.500. The van der Waals surface area contributed by atoms with E-state index >= 15 is 0 Å². The SMILES string of the molecule is COCCn1c(-c2cn(C)nc2C)n[nH]c1=S. The Bertz CT molecular complexity index is 568. The van der Waals surface area contributed by atoms with Crippen LogP contribution in [0.4, 0.5) is 0 Å². The van der Waals surface area contributed by atoms with Gasteiger partial charge in [-0.3, -0.25) is 14.3 Å². The molecule has 0 spiro atoms. The molecule has 2 aromatic rings. The zero-order valence-electron chi connectivity index (χ0n) is 10.1. The number of aryl methyl sites for hydroxylation is 2. The van der Waals surface area contributed by atoms with Crippen LogP contribution in [-0.2, 0) is 18.3 Å². The Kier molecular flexibility index (Phi) is 3.39. The molecule has 0 radical (unpaired) electrons. The van der Waals surface area contributed by atoms with Gasteiger partial charge in [0.05, 0.1) is 24.4 Å². The van der Waals surface area contributed by atoms with Crippen molar-refractivity contribution >= 4 is 12.2 Å². The minimum atomic E-state index is 0.597. The molecule has 7 heteroatoms. The molecule has 0 fully saturated rings. The zero-order valence-corrected chi connectivity index (χ0v) is 10.9. The van der Waals surface area contributed by atoms with Gasteiger partial charge in [0.2, 0.25) is 0 Å². The fourth-order valence-electron chi connectivity index (χ4n) is 1.73. The number of aromatic nitrogens is 5. The van der Waals surface area contributed by atoms with Crippen LogP contribution in [-0.4, -0.2) is 38.3 Å². The Morgan fingerprint density at radius 3 is 2.88 bits per heavy atom. The van der Waals surface area contributed by atoms with Crippen molar-refractivity contribution in [3.05, 3.63) is 16.7 Å². The summed E-state index contributed by atoms with van der Waals surface area (Å²) in [5.41, 5.74) is 1.91. The third-order valence-corrected chi connectivity index (χ3v) is 2.84. The minimum absolute atomic E-state index is 0.597. The molecule has 0 bridgehead atoms. The lowest BCUT2D eigenvalue weighted by atomic mass is 10.2. The predicted molar refractivity (Wildman–Crippen MR) is 66.2 cm³/mol. The number of aromatic amines is 1. The second-order valence-electron chi connectivity index (χ2n) is 3.80. The third-order valence-electron chi connectivity index (χ3n) is 2.53. The molecule has 2 aromatic heterocycles. The van der Waals surface area contributed by atoms with E-state index in [0.717, 1.165) is 17.1 Å². The van der Waals surface area contributed by atoms with Gasteiger partial charge in [0.1, 0.15) is 0 Å². The van der Waals surface area contributed by atoms with E-state index in [0.29, 0.717) is 17.9 Å². The zero-order chi connectivity index (χ0) is 12.4. The summed E-state index contributed by atoms with van der Waals surface area (Å²) >= 11 is 5.20. The largest absolute Gasteiger partial charge is 0.383 e. The monoisotopic (exact) mass is 253 g/mol. The summed E-state index contributed by atoms with van der Waals surface area (Å²) in [7, 11) is 3.55. The topological polar surface area (TPSA) is 60.7 Å². The van der Waals surface area contributed by atoms with Gasteiger partial charge in [-0.25, -0.2) is 0 Å². The molecule has 92 valence electrons. The number of methoxy groups -OCH3 is 1. The molecule has 0 saturated carbocycles. The van der Waals surface area contributed by atoms with Crippen LogP contribution in [0.5, 0.6) is 0 Å². The number of H-pyrrole nitrogens is 1. The number of nitrogens with one attached hydrogen (secondary N) is 1. The molecule has 2 heterocycles. The van der Waals surface area contributed by atoms with Crippen LogP contribution in [0.1, 0.15) is 5.69 Å². The average Bonchev–Trinajstić information content (AvgIpc) is 2.79. The molecule has 0 atom stereocenters. The van der Waals surface area contributed by atoms with Gasteiger partial charge < -0.3 is 4.74 Å². The van der Waals surface area contributed by atoms with Gasteiger partial charge in [-0.1, -0.05) is 0 Å². The van der Waals surface area contributed by atoms with E-state index in [9.17, 15) is 0 Å².